The summed E-state index contributed by atoms with van der Waals surface area (Å²) in [6, 6.07) is 7.75. The summed E-state index contributed by atoms with van der Waals surface area (Å²) in [7, 11) is 2.03. The molecule has 3 rings (SSSR count). The van der Waals surface area contributed by atoms with Gasteiger partial charge in [-0.3, -0.25) is 4.90 Å². The fourth-order valence-corrected chi connectivity index (χ4v) is 2.40. The zero-order valence-electron chi connectivity index (χ0n) is 12.6. The van der Waals surface area contributed by atoms with Crippen LogP contribution < -0.4 is 9.47 Å². The number of aromatic nitrogens is 1. The van der Waals surface area contributed by atoms with Gasteiger partial charge in [-0.1, -0.05) is 12.1 Å². The van der Waals surface area contributed by atoms with Gasteiger partial charge in [0.25, 0.3) is 0 Å². The number of likely N-dealkylation sites (N-methyl/N-ethyl adjacent to an activating group) is 1. The summed E-state index contributed by atoms with van der Waals surface area (Å²) in [6.45, 7) is 5.87. The van der Waals surface area contributed by atoms with Crippen LogP contribution in [0.15, 0.2) is 28.7 Å². The Labute approximate surface area is 124 Å². The van der Waals surface area contributed by atoms with Crippen molar-refractivity contribution in [1.29, 1.82) is 0 Å². The third kappa shape index (κ3) is 3.19. The summed E-state index contributed by atoms with van der Waals surface area (Å²) >= 11 is 0. The number of oxazole rings is 1. The van der Waals surface area contributed by atoms with E-state index in [2.05, 4.69) is 9.88 Å². The highest BCUT2D eigenvalue weighted by molar-refractivity contribution is 5.40. The lowest BCUT2D eigenvalue weighted by atomic mass is 10.2. The minimum atomic E-state index is 0.0158. The molecule has 0 saturated carbocycles. The summed E-state index contributed by atoms with van der Waals surface area (Å²) in [4.78, 5) is 6.53. The number of fused-ring (bicyclic) bond motifs is 1. The number of hydrogen-bond donors (Lipinski definition) is 0. The molecular formula is C16H20N2O3. The Bertz CT molecular complexity index is 604. The Hall–Kier alpha value is -2.01. The van der Waals surface area contributed by atoms with Crippen molar-refractivity contribution >= 4 is 0 Å². The molecule has 1 aliphatic heterocycles. The van der Waals surface area contributed by atoms with Gasteiger partial charge in [-0.05, 0) is 33.0 Å². The van der Waals surface area contributed by atoms with Gasteiger partial charge in [-0.15, -0.1) is 0 Å². The minimum absolute atomic E-state index is 0.0158. The molecule has 0 radical (unpaired) electrons. The van der Waals surface area contributed by atoms with Crippen LogP contribution in [-0.4, -0.2) is 36.2 Å². The van der Waals surface area contributed by atoms with Crippen LogP contribution in [0.25, 0.3) is 0 Å². The van der Waals surface area contributed by atoms with E-state index in [9.17, 15) is 0 Å². The number of benzene rings is 1. The summed E-state index contributed by atoms with van der Waals surface area (Å²) in [5.74, 6) is 3.24. The SMILES string of the molecule is Cc1nc(CN(C)CC2COc3ccccc3O2)oc1C. The van der Waals surface area contributed by atoms with Crippen molar-refractivity contribution in [2.75, 3.05) is 20.2 Å². The molecule has 2 aromatic rings. The first-order valence-corrected chi connectivity index (χ1v) is 7.12. The predicted octanol–water partition coefficient (Wildman–Crippen LogP) is 2.56. The third-order valence-electron chi connectivity index (χ3n) is 3.56. The normalized spacial score (nSPS) is 17.2. The van der Waals surface area contributed by atoms with Crippen LogP contribution in [0.1, 0.15) is 17.3 Å². The Morgan fingerprint density at radius 2 is 2.00 bits per heavy atom. The van der Waals surface area contributed by atoms with E-state index in [1.165, 1.54) is 0 Å². The highest BCUT2D eigenvalue weighted by Gasteiger charge is 2.22. The average Bonchev–Trinajstić information content (AvgIpc) is 2.77. The zero-order chi connectivity index (χ0) is 14.8. The van der Waals surface area contributed by atoms with Crippen molar-refractivity contribution in [3.63, 3.8) is 0 Å². The molecule has 0 bridgehead atoms. The molecule has 1 atom stereocenters. The highest BCUT2D eigenvalue weighted by Crippen LogP contribution is 2.31. The molecule has 1 aromatic heterocycles. The molecular weight excluding hydrogens is 268 g/mol. The first-order chi connectivity index (χ1) is 10.1. The largest absolute Gasteiger partial charge is 0.486 e. The van der Waals surface area contributed by atoms with Crippen LogP contribution in [0.2, 0.25) is 0 Å². The molecule has 0 saturated heterocycles. The molecule has 1 aromatic carbocycles. The molecule has 5 nitrogen and oxygen atoms in total. The molecule has 0 spiro atoms. The molecule has 5 heteroatoms. The van der Waals surface area contributed by atoms with Gasteiger partial charge in [0.15, 0.2) is 11.5 Å². The van der Waals surface area contributed by atoms with Gasteiger partial charge in [0.05, 0.1) is 12.2 Å². The van der Waals surface area contributed by atoms with Crippen LogP contribution in [-0.2, 0) is 6.54 Å². The van der Waals surface area contributed by atoms with Gasteiger partial charge >= 0.3 is 0 Å². The standard InChI is InChI=1S/C16H20N2O3/c1-11-12(2)20-16(17-11)9-18(3)8-13-10-19-14-6-4-5-7-15(14)21-13/h4-7,13H,8-10H2,1-3H3. The molecule has 0 fully saturated rings. The number of ether oxygens (including phenoxy) is 2. The quantitative estimate of drug-likeness (QED) is 0.865. The number of rotatable bonds is 4. The van der Waals surface area contributed by atoms with Gasteiger partial charge in [0.1, 0.15) is 18.5 Å². The Morgan fingerprint density at radius 3 is 2.71 bits per heavy atom. The fourth-order valence-electron chi connectivity index (χ4n) is 2.40. The molecule has 0 aliphatic carbocycles. The molecule has 0 amide bonds. The topological polar surface area (TPSA) is 47.7 Å². The second-order valence-electron chi connectivity index (χ2n) is 5.44. The van der Waals surface area contributed by atoms with Crippen molar-refractivity contribution < 1.29 is 13.9 Å². The van der Waals surface area contributed by atoms with Gasteiger partial charge in [-0.25, -0.2) is 4.98 Å². The average molecular weight is 288 g/mol. The van der Waals surface area contributed by atoms with Crippen LogP contribution in [0.3, 0.4) is 0 Å². The molecule has 1 aliphatic rings. The van der Waals surface area contributed by atoms with E-state index < -0.39 is 0 Å². The van der Waals surface area contributed by atoms with Gasteiger partial charge in [0.2, 0.25) is 5.89 Å². The van der Waals surface area contributed by atoms with E-state index >= 15 is 0 Å². The number of nitrogens with zero attached hydrogens (tertiary/aromatic N) is 2. The zero-order valence-corrected chi connectivity index (χ0v) is 12.6. The summed E-state index contributed by atoms with van der Waals surface area (Å²) in [6.07, 6.45) is 0.0158. The van der Waals surface area contributed by atoms with Crippen LogP contribution in [0, 0.1) is 13.8 Å². The van der Waals surface area contributed by atoms with E-state index in [1.54, 1.807) is 0 Å². The molecule has 1 unspecified atom stereocenters. The Balaban J connectivity index is 1.57. The second-order valence-corrected chi connectivity index (χ2v) is 5.44. The smallest absolute Gasteiger partial charge is 0.208 e. The maximum Gasteiger partial charge on any atom is 0.208 e. The lowest BCUT2D eigenvalue weighted by Crippen LogP contribution is -2.39. The van der Waals surface area contributed by atoms with Gasteiger partial charge in [-0.2, -0.15) is 0 Å². The summed E-state index contributed by atoms with van der Waals surface area (Å²) in [5, 5.41) is 0. The second kappa shape index (κ2) is 5.77. The molecule has 112 valence electrons. The van der Waals surface area contributed by atoms with Crippen molar-refractivity contribution in [3.05, 3.63) is 41.6 Å². The van der Waals surface area contributed by atoms with Crippen molar-refractivity contribution in [2.45, 2.75) is 26.5 Å². The molecule has 0 N–H and O–H groups in total. The van der Waals surface area contributed by atoms with Crippen molar-refractivity contribution in [3.8, 4) is 11.5 Å². The Kier molecular flexibility index (Phi) is 3.84. The predicted molar refractivity (Wildman–Crippen MR) is 78.7 cm³/mol. The number of aryl methyl sites for hydroxylation is 2. The lowest BCUT2D eigenvalue weighted by Gasteiger charge is -2.29. The van der Waals surface area contributed by atoms with E-state index in [0.717, 1.165) is 35.4 Å². The maximum atomic E-state index is 5.95. The summed E-state index contributed by atoms with van der Waals surface area (Å²) < 4.78 is 17.3. The maximum absolute atomic E-state index is 5.95. The minimum Gasteiger partial charge on any atom is -0.486 e. The highest BCUT2D eigenvalue weighted by atomic mass is 16.6. The van der Waals surface area contributed by atoms with Gasteiger partial charge in [0, 0.05) is 6.54 Å². The van der Waals surface area contributed by atoms with Crippen LogP contribution in [0.5, 0.6) is 11.5 Å². The van der Waals surface area contributed by atoms with Crippen LogP contribution in [0.4, 0.5) is 0 Å². The van der Waals surface area contributed by atoms with Crippen molar-refractivity contribution in [1.82, 2.24) is 9.88 Å². The molecule has 21 heavy (non-hydrogen) atoms. The van der Waals surface area contributed by atoms with E-state index in [4.69, 9.17) is 13.9 Å². The van der Waals surface area contributed by atoms with Gasteiger partial charge < -0.3 is 13.9 Å². The fraction of sp³-hybridized carbons (Fsp3) is 0.438. The van der Waals surface area contributed by atoms with Crippen molar-refractivity contribution in [2.24, 2.45) is 0 Å². The Morgan fingerprint density at radius 1 is 1.24 bits per heavy atom. The third-order valence-corrected chi connectivity index (χ3v) is 3.56. The van der Waals surface area contributed by atoms with E-state index in [-0.39, 0.29) is 6.10 Å². The monoisotopic (exact) mass is 288 g/mol. The van der Waals surface area contributed by atoms with E-state index in [1.807, 2.05) is 45.2 Å². The lowest BCUT2D eigenvalue weighted by molar-refractivity contribution is 0.0618. The first-order valence-electron chi connectivity index (χ1n) is 7.12. The molecule has 2 heterocycles. The number of hydrogen-bond acceptors (Lipinski definition) is 5. The first kappa shape index (κ1) is 13.9. The van der Waals surface area contributed by atoms with Crippen LogP contribution >= 0.6 is 0 Å². The number of para-hydroxylation sites is 2. The van der Waals surface area contributed by atoms with E-state index in [0.29, 0.717) is 13.2 Å². The summed E-state index contributed by atoms with van der Waals surface area (Å²) in [5.41, 5.74) is 0.949.